The van der Waals surface area contributed by atoms with Gasteiger partial charge in [0.2, 0.25) is 5.91 Å². The molecule has 0 saturated heterocycles. The number of thiophene rings is 1. The van der Waals surface area contributed by atoms with Crippen LogP contribution in [0.5, 0.6) is 11.5 Å². The Balaban J connectivity index is 1.55. The van der Waals surface area contributed by atoms with Crippen molar-refractivity contribution in [3.8, 4) is 11.5 Å². The van der Waals surface area contributed by atoms with Gasteiger partial charge in [0.05, 0.1) is 26.7 Å². The molecule has 1 atom stereocenters. The van der Waals surface area contributed by atoms with Gasteiger partial charge in [-0.1, -0.05) is 24.3 Å². The molecule has 6 nitrogen and oxygen atoms in total. The standard InChI is InChI=1S/C23H22N2O4S/c1-28-17-10-16(11-18(12-17)29-2)24-22(26)13-20(21-8-5-9-30-21)25-14-15-6-3-4-7-19(15)23(25)27/h3-12,20H,13-14H2,1-2H3,(H,24,26)/t20-/m1/s1. The van der Waals surface area contributed by atoms with Gasteiger partial charge in [0.25, 0.3) is 5.91 Å². The third-order valence-electron chi connectivity index (χ3n) is 5.11. The van der Waals surface area contributed by atoms with Crippen LogP contribution in [0.1, 0.15) is 33.3 Å². The SMILES string of the molecule is COc1cc(NC(=O)C[C@H](c2cccs2)N2Cc3ccccc3C2=O)cc(OC)c1. The van der Waals surface area contributed by atoms with Gasteiger partial charge in [0, 0.05) is 40.9 Å². The van der Waals surface area contributed by atoms with Gasteiger partial charge in [-0.15, -0.1) is 11.3 Å². The number of rotatable bonds is 7. The summed E-state index contributed by atoms with van der Waals surface area (Å²) in [6.07, 6.45) is 0.153. The highest BCUT2D eigenvalue weighted by atomic mass is 32.1. The van der Waals surface area contributed by atoms with E-state index in [1.807, 2.05) is 41.8 Å². The van der Waals surface area contributed by atoms with Gasteiger partial charge < -0.3 is 19.7 Å². The van der Waals surface area contributed by atoms with Crippen LogP contribution in [-0.2, 0) is 11.3 Å². The molecule has 0 unspecified atom stereocenters. The van der Waals surface area contributed by atoms with Crippen LogP contribution in [0, 0.1) is 0 Å². The number of ether oxygens (including phenoxy) is 2. The van der Waals surface area contributed by atoms with Crippen molar-refractivity contribution in [3.05, 3.63) is 76.0 Å². The smallest absolute Gasteiger partial charge is 0.255 e. The minimum Gasteiger partial charge on any atom is -0.497 e. The lowest BCUT2D eigenvalue weighted by Crippen LogP contribution is -2.31. The van der Waals surface area contributed by atoms with Crippen LogP contribution in [0.2, 0.25) is 0 Å². The highest BCUT2D eigenvalue weighted by Gasteiger charge is 2.34. The average molecular weight is 423 g/mol. The largest absolute Gasteiger partial charge is 0.497 e. The Kier molecular flexibility index (Phi) is 5.72. The summed E-state index contributed by atoms with van der Waals surface area (Å²) in [5.41, 5.74) is 2.27. The molecular weight excluding hydrogens is 400 g/mol. The van der Waals surface area contributed by atoms with Crippen molar-refractivity contribution < 1.29 is 19.1 Å². The maximum Gasteiger partial charge on any atom is 0.255 e. The maximum absolute atomic E-state index is 13.0. The Labute approximate surface area is 179 Å². The number of benzene rings is 2. The van der Waals surface area contributed by atoms with Gasteiger partial charge in [-0.2, -0.15) is 0 Å². The first-order chi connectivity index (χ1) is 14.6. The van der Waals surface area contributed by atoms with E-state index in [1.165, 1.54) is 0 Å². The van der Waals surface area contributed by atoms with E-state index in [-0.39, 0.29) is 24.3 Å². The molecule has 0 bridgehead atoms. The molecule has 0 saturated carbocycles. The Morgan fingerprint density at radius 1 is 1.10 bits per heavy atom. The summed E-state index contributed by atoms with van der Waals surface area (Å²) >= 11 is 1.55. The highest BCUT2D eigenvalue weighted by Crippen LogP contribution is 2.36. The second kappa shape index (κ2) is 8.59. The maximum atomic E-state index is 13.0. The lowest BCUT2D eigenvalue weighted by atomic mass is 10.1. The number of nitrogens with one attached hydrogen (secondary N) is 1. The van der Waals surface area contributed by atoms with Crippen LogP contribution < -0.4 is 14.8 Å². The van der Waals surface area contributed by atoms with E-state index in [0.29, 0.717) is 29.3 Å². The van der Waals surface area contributed by atoms with E-state index >= 15 is 0 Å². The second-order valence-corrected chi connectivity index (χ2v) is 7.95. The van der Waals surface area contributed by atoms with Crippen LogP contribution in [0.4, 0.5) is 5.69 Å². The van der Waals surface area contributed by atoms with Crippen LogP contribution in [0.25, 0.3) is 0 Å². The number of fused-ring (bicyclic) bond motifs is 1. The number of methoxy groups -OCH3 is 2. The van der Waals surface area contributed by atoms with Crippen LogP contribution in [0.3, 0.4) is 0 Å². The fraction of sp³-hybridized carbons (Fsp3) is 0.217. The van der Waals surface area contributed by atoms with E-state index in [1.54, 1.807) is 48.7 Å². The highest BCUT2D eigenvalue weighted by molar-refractivity contribution is 7.10. The molecule has 2 heterocycles. The minimum atomic E-state index is -0.336. The minimum absolute atomic E-state index is 0.0418. The number of carbonyl (C=O) groups excluding carboxylic acids is 2. The third-order valence-corrected chi connectivity index (χ3v) is 6.08. The summed E-state index contributed by atoms with van der Waals surface area (Å²) < 4.78 is 10.5. The molecule has 4 rings (SSSR count). The zero-order valence-corrected chi connectivity index (χ0v) is 17.6. The average Bonchev–Trinajstić information content (AvgIpc) is 3.40. The number of anilines is 1. The fourth-order valence-corrected chi connectivity index (χ4v) is 4.48. The molecule has 30 heavy (non-hydrogen) atoms. The van der Waals surface area contributed by atoms with E-state index in [0.717, 1.165) is 10.4 Å². The molecule has 2 amide bonds. The molecule has 154 valence electrons. The van der Waals surface area contributed by atoms with Crippen molar-refractivity contribution in [1.29, 1.82) is 0 Å². The van der Waals surface area contributed by atoms with Crippen LogP contribution >= 0.6 is 11.3 Å². The predicted octanol–water partition coefficient (Wildman–Crippen LogP) is 4.49. The molecule has 1 N–H and O–H groups in total. The monoisotopic (exact) mass is 422 g/mol. The van der Waals surface area contributed by atoms with Crippen LogP contribution in [0.15, 0.2) is 60.0 Å². The Morgan fingerprint density at radius 3 is 2.47 bits per heavy atom. The van der Waals surface area contributed by atoms with Gasteiger partial charge in [-0.3, -0.25) is 9.59 Å². The van der Waals surface area contributed by atoms with Gasteiger partial charge in [0.15, 0.2) is 0 Å². The molecule has 1 aliphatic heterocycles. The number of carbonyl (C=O) groups is 2. The summed E-state index contributed by atoms with van der Waals surface area (Å²) in [6.45, 7) is 0.498. The first-order valence-corrected chi connectivity index (χ1v) is 10.4. The number of hydrogen-bond acceptors (Lipinski definition) is 5. The summed E-state index contributed by atoms with van der Waals surface area (Å²) in [7, 11) is 3.12. The van der Waals surface area contributed by atoms with Crippen LogP contribution in [-0.4, -0.2) is 30.9 Å². The number of hydrogen-bond donors (Lipinski definition) is 1. The third kappa shape index (κ3) is 4.02. The molecule has 1 aliphatic rings. The Hall–Kier alpha value is -3.32. The second-order valence-electron chi connectivity index (χ2n) is 6.98. The number of amides is 2. The van der Waals surface area contributed by atoms with E-state index in [2.05, 4.69) is 5.32 Å². The molecule has 1 aromatic heterocycles. The number of nitrogens with zero attached hydrogens (tertiary/aromatic N) is 1. The zero-order valence-electron chi connectivity index (χ0n) is 16.8. The topological polar surface area (TPSA) is 67.9 Å². The van der Waals surface area contributed by atoms with Gasteiger partial charge >= 0.3 is 0 Å². The summed E-state index contributed by atoms with van der Waals surface area (Å²) in [4.78, 5) is 28.7. The molecule has 0 spiro atoms. The van der Waals surface area contributed by atoms with Crippen molar-refractivity contribution >= 4 is 28.8 Å². The molecule has 0 aliphatic carbocycles. The molecule has 2 aromatic carbocycles. The summed E-state index contributed by atoms with van der Waals surface area (Å²) in [6, 6.07) is 16.4. The van der Waals surface area contributed by atoms with E-state index < -0.39 is 0 Å². The first kappa shape index (κ1) is 20.0. The lowest BCUT2D eigenvalue weighted by molar-refractivity contribution is -0.117. The lowest BCUT2D eigenvalue weighted by Gasteiger charge is -2.26. The van der Waals surface area contributed by atoms with Gasteiger partial charge in [-0.05, 0) is 23.1 Å². The Bertz CT molecular complexity index is 1040. The molecular formula is C23H22N2O4S. The first-order valence-electron chi connectivity index (χ1n) is 9.54. The molecule has 0 radical (unpaired) electrons. The van der Waals surface area contributed by atoms with Gasteiger partial charge in [-0.25, -0.2) is 0 Å². The zero-order chi connectivity index (χ0) is 21.1. The fourth-order valence-electron chi connectivity index (χ4n) is 3.64. The summed E-state index contributed by atoms with van der Waals surface area (Å²) in [5, 5.41) is 4.87. The van der Waals surface area contributed by atoms with Crippen molar-refractivity contribution in [2.45, 2.75) is 19.0 Å². The van der Waals surface area contributed by atoms with Crippen molar-refractivity contribution in [2.75, 3.05) is 19.5 Å². The quantitative estimate of drug-likeness (QED) is 0.609. The van der Waals surface area contributed by atoms with Crippen molar-refractivity contribution in [3.63, 3.8) is 0 Å². The van der Waals surface area contributed by atoms with Crippen molar-refractivity contribution in [2.24, 2.45) is 0 Å². The van der Waals surface area contributed by atoms with E-state index in [9.17, 15) is 9.59 Å². The van der Waals surface area contributed by atoms with Gasteiger partial charge in [0.1, 0.15) is 11.5 Å². The molecule has 3 aromatic rings. The Morgan fingerprint density at radius 2 is 1.83 bits per heavy atom. The predicted molar refractivity (Wildman–Crippen MR) is 116 cm³/mol. The normalized spacial score (nSPS) is 13.7. The molecule has 7 heteroatoms. The van der Waals surface area contributed by atoms with E-state index in [4.69, 9.17) is 9.47 Å². The molecule has 0 fully saturated rings. The summed E-state index contributed by atoms with van der Waals surface area (Å²) in [5.74, 6) is 0.946. The van der Waals surface area contributed by atoms with Crippen molar-refractivity contribution in [1.82, 2.24) is 4.90 Å².